The first-order chi connectivity index (χ1) is 7.79. The fourth-order valence-electron chi connectivity index (χ4n) is 1.76. The van der Waals surface area contributed by atoms with E-state index in [2.05, 4.69) is 44.3 Å². The summed E-state index contributed by atoms with van der Waals surface area (Å²) in [7, 11) is 0. The number of nitrogens with two attached hydrogens (primary N) is 1. The highest BCUT2D eigenvalue weighted by atomic mass is 14.9. The lowest BCUT2D eigenvalue weighted by molar-refractivity contribution is 0.466. The van der Waals surface area contributed by atoms with Gasteiger partial charge in [-0.3, -0.25) is 0 Å². The third-order valence-corrected chi connectivity index (χ3v) is 2.94. The molecule has 0 aromatic heterocycles. The highest BCUT2D eigenvalue weighted by molar-refractivity contribution is 5.32. The minimum absolute atomic E-state index is 0.149. The molecule has 96 valence electrons. The number of benzene rings is 1. The molecule has 0 bridgehead atoms. The summed E-state index contributed by atoms with van der Waals surface area (Å²) in [5.41, 5.74) is 9.93. The van der Waals surface area contributed by atoms with Gasteiger partial charge >= 0.3 is 0 Å². The summed E-state index contributed by atoms with van der Waals surface area (Å²) in [4.78, 5) is 0. The molecule has 3 N–H and O–H groups in total. The molecule has 0 heterocycles. The first-order valence-corrected chi connectivity index (χ1v) is 6.38. The number of aryl methyl sites for hydroxylation is 1. The van der Waals surface area contributed by atoms with E-state index in [-0.39, 0.29) is 5.54 Å². The molecule has 0 saturated heterocycles. The Bertz CT molecular complexity index is 362. The van der Waals surface area contributed by atoms with Crippen LogP contribution in [0.3, 0.4) is 0 Å². The highest BCUT2D eigenvalue weighted by Gasteiger charge is 2.10. The van der Waals surface area contributed by atoms with Crippen LogP contribution in [0.5, 0.6) is 0 Å². The maximum Gasteiger partial charge on any atom is 0.0223 e. The van der Waals surface area contributed by atoms with Crippen LogP contribution < -0.4 is 11.1 Å². The molecular formula is C15H26N2. The summed E-state index contributed by atoms with van der Waals surface area (Å²) in [6, 6.07) is 6.73. The van der Waals surface area contributed by atoms with E-state index in [0.29, 0.717) is 5.92 Å². The van der Waals surface area contributed by atoms with E-state index >= 15 is 0 Å². The van der Waals surface area contributed by atoms with E-state index in [9.17, 15) is 0 Å². The molecule has 0 aliphatic carbocycles. The zero-order valence-corrected chi connectivity index (χ0v) is 11.8. The average molecular weight is 234 g/mol. The predicted octanol–water partition coefficient (Wildman–Crippen LogP) is 2.95. The van der Waals surface area contributed by atoms with Crippen molar-refractivity contribution in [2.24, 2.45) is 5.73 Å². The van der Waals surface area contributed by atoms with Crippen molar-refractivity contribution in [2.45, 2.75) is 52.6 Å². The van der Waals surface area contributed by atoms with Gasteiger partial charge < -0.3 is 11.1 Å². The minimum Gasteiger partial charge on any atom is -0.324 e. The monoisotopic (exact) mass is 234 g/mol. The second kappa shape index (κ2) is 5.65. The van der Waals surface area contributed by atoms with Crippen molar-refractivity contribution in [1.82, 2.24) is 5.32 Å². The van der Waals surface area contributed by atoms with Crippen LogP contribution in [0.4, 0.5) is 0 Å². The van der Waals surface area contributed by atoms with Crippen LogP contribution in [0.25, 0.3) is 0 Å². The summed E-state index contributed by atoms with van der Waals surface area (Å²) in [6.07, 6.45) is 0. The van der Waals surface area contributed by atoms with Crippen molar-refractivity contribution in [1.29, 1.82) is 0 Å². The molecule has 0 radical (unpaired) electrons. The van der Waals surface area contributed by atoms with Crippen LogP contribution in [0.1, 0.15) is 50.3 Å². The lowest BCUT2D eigenvalue weighted by Gasteiger charge is -2.20. The molecule has 0 aliphatic rings. The van der Waals surface area contributed by atoms with Crippen molar-refractivity contribution in [3.05, 3.63) is 34.9 Å². The fraction of sp³-hybridized carbons (Fsp3) is 0.600. The molecule has 0 fully saturated rings. The second-order valence-electron chi connectivity index (χ2n) is 5.93. The molecule has 1 rings (SSSR count). The van der Waals surface area contributed by atoms with Crippen molar-refractivity contribution < 1.29 is 0 Å². The van der Waals surface area contributed by atoms with Gasteiger partial charge in [-0.25, -0.2) is 0 Å². The molecule has 0 unspecified atom stereocenters. The van der Waals surface area contributed by atoms with E-state index in [1.165, 1.54) is 16.7 Å². The number of hydrogen-bond acceptors (Lipinski definition) is 2. The third kappa shape index (κ3) is 4.88. The van der Waals surface area contributed by atoms with E-state index in [1.54, 1.807) is 0 Å². The van der Waals surface area contributed by atoms with Gasteiger partial charge in [-0.1, -0.05) is 32.0 Å². The predicted molar refractivity (Wildman–Crippen MR) is 75.2 cm³/mol. The summed E-state index contributed by atoms with van der Waals surface area (Å²) in [6.45, 7) is 12.4. The Labute approximate surface area is 106 Å². The van der Waals surface area contributed by atoms with Gasteiger partial charge in [-0.15, -0.1) is 0 Å². The van der Waals surface area contributed by atoms with Crippen LogP contribution in [0.15, 0.2) is 18.2 Å². The summed E-state index contributed by atoms with van der Waals surface area (Å²) >= 11 is 0. The number of rotatable bonds is 5. The van der Waals surface area contributed by atoms with Gasteiger partial charge in [-0.05, 0) is 43.4 Å². The van der Waals surface area contributed by atoms with Crippen LogP contribution in [0.2, 0.25) is 0 Å². The zero-order chi connectivity index (χ0) is 13.1. The Morgan fingerprint density at radius 1 is 1.29 bits per heavy atom. The maximum absolute atomic E-state index is 5.95. The minimum atomic E-state index is -0.149. The molecule has 2 nitrogen and oxygen atoms in total. The number of nitrogens with one attached hydrogen (secondary N) is 1. The van der Waals surface area contributed by atoms with Gasteiger partial charge in [0.1, 0.15) is 0 Å². The van der Waals surface area contributed by atoms with Crippen molar-refractivity contribution in [3.8, 4) is 0 Å². The van der Waals surface area contributed by atoms with E-state index in [1.807, 2.05) is 13.8 Å². The van der Waals surface area contributed by atoms with E-state index < -0.39 is 0 Å². The second-order valence-corrected chi connectivity index (χ2v) is 5.93. The Morgan fingerprint density at radius 3 is 2.47 bits per heavy atom. The average Bonchev–Trinajstić information content (AvgIpc) is 2.18. The first-order valence-electron chi connectivity index (χ1n) is 6.38. The van der Waals surface area contributed by atoms with Gasteiger partial charge in [0.15, 0.2) is 0 Å². The Balaban J connectivity index is 2.67. The SMILES string of the molecule is Cc1ccc(C(C)C)cc1CNCC(C)(C)N. The van der Waals surface area contributed by atoms with Crippen molar-refractivity contribution >= 4 is 0 Å². The summed E-state index contributed by atoms with van der Waals surface area (Å²) in [5.74, 6) is 0.584. The molecule has 0 amide bonds. The summed E-state index contributed by atoms with van der Waals surface area (Å²) in [5, 5.41) is 3.42. The quantitative estimate of drug-likeness (QED) is 0.822. The third-order valence-electron chi connectivity index (χ3n) is 2.94. The topological polar surface area (TPSA) is 38.0 Å². The molecule has 0 aliphatic heterocycles. The van der Waals surface area contributed by atoms with Crippen LogP contribution in [-0.4, -0.2) is 12.1 Å². The Hall–Kier alpha value is -0.860. The van der Waals surface area contributed by atoms with Crippen molar-refractivity contribution in [2.75, 3.05) is 6.54 Å². The standard InChI is InChI=1S/C15H26N2/c1-11(2)13-7-6-12(3)14(8-13)9-17-10-15(4,5)16/h6-8,11,17H,9-10,16H2,1-5H3. The van der Waals surface area contributed by atoms with Gasteiger partial charge in [0.2, 0.25) is 0 Å². The highest BCUT2D eigenvalue weighted by Crippen LogP contribution is 2.18. The Kier molecular flexibility index (Phi) is 4.72. The lowest BCUT2D eigenvalue weighted by atomic mass is 9.97. The van der Waals surface area contributed by atoms with Crippen LogP contribution in [-0.2, 0) is 6.54 Å². The van der Waals surface area contributed by atoms with Gasteiger partial charge in [0.25, 0.3) is 0 Å². The maximum atomic E-state index is 5.95. The fourth-order valence-corrected chi connectivity index (χ4v) is 1.76. The summed E-state index contributed by atoms with van der Waals surface area (Å²) < 4.78 is 0. The normalized spacial score (nSPS) is 12.2. The van der Waals surface area contributed by atoms with E-state index in [4.69, 9.17) is 5.73 Å². The largest absolute Gasteiger partial charge is 0.324 e. The van der Waals surface area contributed by atoms with Gasteiger partial charge in [0.05, 0.1) is 0 Å². The molecule has 2 heteroatoms. The molecule has 0 saturated carbocycles. The number of hydrogen-bond donors (Lipinski definition) is 2. The molecule has 1 aromatic carbocycles. The van der Waals surface area contributed by atoms with Gasteiger partial charge in [-0.2, -0.15) is 0 Å². The lowest BCUT2D eigenvalue weighted by Crippen LogP contribution is -2.42. The smallest absolute Gasteiger partial charge is 0.0223 e. The Morgan fingerprint density at radius 2 is 1.94 bits per heavy atom. The molecule has 0 atom stereocenters. The zero-order valence-electron chi connectivity index (χ0n) is 11.8. The molecule has 0 spiro atoms. The molecular weight excluding hydrogens is 208 g/mol. The van der Waals surface area contributed by atoms with Gasteiger partial charge in [0, 0.05) is 18.6 Å². The van der Waals surface area contributed by atoms with Crippen molar-refractivity contribution in [3.63, 3.8) is 0 Å². The van der Waals surface area contributed by atoms with Crippen LogP contribution >= 0.6 is 0 Å². The molecule has 17 heavy (non-hydrogen) atoms. The van der Waals surface area contributed by atoms with E-state index in [0.717, 1.165) is 13.1 Å². The molecule has 1 aromatic rings. The van der Waals surface area contributed by atoms with Crippen LogP contribution in [0, 0.1) is 6.92 Å². The first kappa shape index (κ1) is 14.2.